The van der Waals surface area contributed by atoms with E-state index >= 15 is 0 Å². The van der Waals surface area contributed by atoms with Crippen molar-refractivity contribution >= 4 is 50.2 Å². The summed E-state index contributed by atoms with van der Waals surface area (Å²) >= 11 is 1.94. The molecule has 2 heterocycles. The van der Waals surface area contributed by atoms with Crippen molar-refractivity contribution in [1.29, 1.82) is 0 Å². The van der Waals surface area contributed by atoms with Crippen LogP contribution >= 0.6 is 22.6 Å². The van der Waals surface area contributed by atoms with E-state index in [0.717, 1.165) is 0 Å². The summed E-state index contributed by atoms with van der Waals surface area (Å²) in [6.07, 6.45) is 1.35. The molecule has 0 fully saturated rings. The SMILES string of the molecule is CC(C)(C)OC(=O)C1(N)N=C(I)C2=NC=NC2=N1. The molecule has 0 aromatic heterocycles. The second-order valence-corrected chi connectivity index (χ2v) is 5.81. The molecule has 0 aromatic carbocycles. The highest BCUT2D eigenvalue weighted by Crippen LogP contribution is 2.22. The minimum absolute atomic E-state index is 0.308. The average Bonchev–Trinajstić information content (AvgIpc) is 2.62. The molecule has 0 bridgehead atoms. The third kappa shape index (κ3) is 2.48. The lowest BCUT2D eigenvalue weighted by molar-refractivity contribution is -0.161. The summed E-state index contributed by atoms with van der Waals surface area (Å²) in [5.41, 5.74) is 5.75. The fourth-order valence-electron chi connectivity index (χ4n) is 1.32. The van der Waals surface area contributed by atoms with E-state index in [4.69, 9.17) is 10.5 Å². The Morgan fingerprint density at radius 1 is 1.44 bits per heavy atom. The smallest absolute Gasteiger partial charge is 0.373 e. The Hall–Kier alpha value is -1.16. The van der Waals surface area contributed by atoms with Gasteiger partial charge in [-0.1, -0.05) is 0 Å². The fraction of sp³-hybridized carbons (Fsp3) is 0.500. The van der Waals surface area contributed by atoms with E-state index in [-0.39, 0.29) is 0 Å². The van der Waals surface area contributed by atoms with Crippen molar-refractivity contribution in [2.45, 2.75) is 32.2 Å². The second kappa shape index (κ2) is 4.19. The van der Waals surface area contributed by atoms with E-state index in [1.165, 1.54) is 6.34 Å². The number of hydrogen-bond donors (Lipinski definition) is 1. The number of halogens is 1. The molecule has 2 rings (SSSR count). The van der Waals surface area contributed by atoms with Crippen molar-refractivity contribution in [3.8, 4) is 0 Å². The number of fused-ring (bicyclic) bond motifs is 1. The maximum atomic E-state index is 12.0. The Bertz CT molecular complexity index is 529. The van der Waals surface area contributed by atoms with E-state index < -0.39 is 17.4 Å². The Balaban J connectivity index is 2.33. The van der Waals surface area contributed by atoms with Crippen LogP contribution in [-0.4, -0.2) is 39.0 Å². The molecule has 0 amide bonds. The summed E-state index contributed by atoms with van der Waals surface area (Å²) in [6, 6.07) is 0. The standard InChI is InChI=1S/C10H12IN5O2/c1-9(2,3)18-8(17)10(12)15-6(11)5-7(16-10)14-4-13-5/h4H,12H2,1-3H3. The molecule has 0 aromatic rings. The highest BCUT2D eigenvalue weighted by Gasteiger charge is 2.42. The van der Waals surface area contributed by atoms with Crippen LogP contribution in [0.4, 0.5) is 0 Å². The van der Waals surface area contributed by atoms with Crippen LogP contribution in [0.15, 0.2) is 20.0 Å². The molecule has 1 atom stereocenters. The minimum atomic E-state index is -1.78. The van der Waals surface area contributed by atoms with Crippen LogP contribution in [0.25, 0.3) is 0 Å². The van der Waals surface area contributed by atoms with Gasteiger partial charge < -0.3 is 4.74 Å². The first-order chi connectivity index (χ1) is 8.21. The van der Waals surface area contributed by atoms with Gasteiger partial charge in [0, 0.05) is 0 Å². The number of hydrogen-bond acceptors (Lipinski definition) is 7. The van der Waals surface area contributed by atoms with Gasteiger partial charge >= 0.3 is 11.8 Å². The van der Waals surface area contributed by atoms with E-state index in [1.54, 1.807) is 20.8 Å². The quantitative estimate of drug-likeness (QED) is 0.549. The van der Waals surface area contributed by atoms with E-state index in [2.05, 4.69) is 20.0 Å². The lowest BCUT2D eigenvalue weighted by Crippen LogP contribution is -2.51. The van der Waals surface area contributed by atoms with Gasteiger partial charge in [0.2, 0.25) is 0 Å². The Morgan fingerprint density at radius 3 is 2.72 bits per heavy atom. The summed E-state index contributed by atoms with van der Waals surface area (Å²) in [4.78, 5) is 28.0. The molecule has 2 aliphatic rings. The van der Waals surface area contributed by atoms with Crippen molar-refractivity contribution in [3.63, 3.8) is 0 Å². The Labute approximate surface area is 117 Å². The summed E-state index contributed by atoms with van der Waals surface area (Å²) in [6.45, 7) is 5.25. The van der Waals surface area contributed by atoms with Gasteiger partial charge in [0.1, 0.15) is 21.4 Å². The van der Waals surface area contributed by atoms with E-state index in [0.29, 0.717) is 15.3 Å². The van der Waals surface area contributed by atoms with Crippen LogP contribution in [0.3, 0.4) is 0 Å². The Morgan fingerprint density at radius 2 is 2.11 bits per heavy atom. The first-order valence-electron chi connectivity index (χ1n) is 5.20. The molecule has 0 radical (unpaired) electrons. The highest BCUT2D eigenvalue weighted by atomic mass is 127. The average molecular weight is 361 g/mol. The predicted molar refractivity (Wildman–Crippen MR) is 77.6 cm³/mol. The summed E-state index contributed by atoms with van der Waals surface area (Å²) in [5.74, 6) is -2.18. The lowest BCUT2D eigenvalue weighted by atomic mass is 10.2. The first-order valence-corrected chi connectivity index (χ1v) is 6.28. The predicted octanol–water partition coefficient (Wildman–Crippen LogP) is 0.669. The first kappa shape index (κ1) is 13.3. The number of carbonyl (C=O) groups excluding carboxylic acids is 1. The van der Waals surface area contributed by atoms with Crippen molar-refractivity contribution in [1.82, 2.24) is 0 Å². The topological polar surface area (TPSA) is 102 Å². The lowest BCUT2D eigenvalue weighted by Gasteiger charge is -2.27. The van der Waals surface area contributed by atoms with Crippen LogP contribution in [0.1, 0.15) is 20.8 Å². The number of ether oxygens (including phenoxy) is 1. The molecule has 7 nitrogen and oxygen atoms in total. The van der Waals surface area contributed by atoms with Crippen LogP contribution < -0.4 is 5.73 Å². The van der Waals surface area contributed by atoms with Crippen molar-refractivity contribution < 1.29 is 9.53 Å². The molecule has 0 saturated carbocycles. The van der Waals surface area contributed by atoms with Gasteiger partial charge in [-0.3, -0.25) is 5.73 Å². The van der Waals surface area contributed by atoms with Gasteiger partial charge in [0.25, 0.3) is 0 Å². The fourth-order valence-corrected chi connectivity index (χ4v) is 2.07. The molecule has 0 aliphatic carbocycles. The minimum Gasteiger partial charge on any atom is -0.456 e. The molecule has 2 aliphatic heterocycles. The highest BCUT2D eigenvalue weighted by molar-refractivity contribution is 14.1. The monoisotopic (exact) mass is 361 g/mol. The molecule has 8 heteroatoms. The van der Waals surface area contributed by atoms with Crippen molar-refractivity contribution in [2.75, 3.05) is 0 Å². The number of nitrogens with zero attached hydrogens (tertiary/aromatic N) is 4. The number of carbonyl (C=O) groups is 1. The normalized spacial score (nSPS) is 26.2. The van der Waals surface area contributed by atoms with Crippen LogP contribution in [0.5, 0.6) is 0 Å². The zero-order chi connectivity index (χ0) is 13.6. The van der Waals surface area contributed by atoms with Gasteiger partial charge in [-0.05, 0) is 43.4 Å². The Kier molecular flexibility index (Phi) is 3.09. The molecule has 96 valence electrons. The molecular formula is C10H12IN5O2. The number of aliphatic imine (C=N–C) groups is 4. The van der Waals surface area contributed by atoms with Gasteiger partial charge in [0.15, 0.2) is 5.84 Å². The summed E-state index contributed by atoms with van der Waals surface area (Å²) < 4.78 is 5.69. The summed E-state index contributed by atoms with van der Waals surface area (Å²) in [7, 11) is 0. The van der Waals surface area contributed by atoms with Crippen molar-refractivity contribution in [2.24, 2.45) is 25.7 Å². The largest absolute Gasteiger partial charge is 0.456 e. The van der Waals surface area contributed by atoms with Gasteiger partial charge in [0.05, 0.1) is 0 Å². The van der Waals surface area contributed by atoms with E-state index in [9.17, 15) is 4.79 Å². The third-order valence-electron chi connectivity index (χ3n) is 2.02. The maximum absolute atomic E-state index is 12.0. The zero-order valence-electron chi connectivity index (χ0n) is 10.1. The van der Waals surface area contributed by atoms with Crippen LogP contribution in [-0.2, 0) is 9.53 Å². The van der Waals surface area contributed by atoms with Crippen LogP contribution in [0, 0.1) is 0 Å². The number of rotatable bonds is 1. The number of esters is 1. The number of amidine groups is 1. The molecule has 0 saturated heterocycles. The van der Waals surface area contributed by atoms with E-state index in [1.807, 2.05) is 22.6 Å². The van der Waals surface area contributed by atoms with Gasteiger partial charge in [-0.25, -0.2) is 24.8 Å². The molecular weight excluding hydrogens is 349 g/mol. The molecule has 0 spiro atoms. The number of nitrogens with two attached hydrogens (primary N) is 1. The summed E-state index contributed by atoms with van der Waals surface area (Å²) in [5, 5.41) is 0. The van der Waals surface area contributed by atoms with Gasteiger partial charge in [-0.15, -0.1) is 0 Å². The van der Waals surface area contributed by atoms with Gasteiger partial charge in [-0.2, -0.15) is 0 Å². The zero-order valence-corrected chi connectivity index (χ0v) is 12.3. The van der Waals surface area contributed by atoms with Crippen LogP contribution in [0.2, 0.25) is 0 Å². The molecule has 1 unspecified atom stereocenters. The molecule has 2 N–H and O–H groups in total. The molecule has 18 heavy (non-hydrogen) atoms. The van der Waals surface area contributed by atoms with Crippen molar-refractivity contribution in [3.05, 3.63) is 0 Å². The maximum Gasteiger partial charge on any atom is 0.373 e. The third-order valence-corrected chi connectivity index (χ3v) is 2.77. The second-order valence-electron chi connectivity index (χ2n) is 4.79.